The molecule has 0 aliphatic heterocycles. The molecule has 0 bridgehead atoms. The number of carbonyl (C=O) groups excluding carboxylic acids is 2. The van der Waals surface area contributed by atoms with Crippen LogP contribution in [-0.4, -0.2) is 17.9 Å². The molecule has 0 spiro atoms. The van der Waals surface area contributed by atoms with E-state index in [0.29, 0.717) is 6.54 Å². The van der Waals surface area contributed by atoms with E-state index in [1.807, 2.05) is 44.2 Å². The minimum absolute atomic E-state index is 0.0599. The first kappa shape index (κ1) is 14.2. The van der Waals surface area contributed by atoms with E-state index in [2.05, 4.69) is 10.6 Å². The number of amides is 2. The molecular weight excluding hydrogens is 228 g/mol. The fourth-order valence-corrected chi connectivity index (χ4v) is 1.65. The maximum absolute atomic E-state index is 12.0. The van der Waals surface area contributed by atoms with Crippen molar-refractivity contribution in [3.8, 4) is 0 Å². The van der Waals surface area contributed by atoms with Crippen LogP contribution in [-0.2, 0) is 16.1 Å². The van der Waals surface area contributed by atoms with Crippen LogP contribution in [0, 0.1) is 5.92 Å². The molecule has 0 saturated heterocycles. The Morgan fingerprint density at radius 2 is 1.78 bits per heavy atom. The summed E-state index contributed by atoms with van der Waals surface area (Å²) in [6.45, 7) is 5.70. The first-order valence-electron chi connectivity index (χ1n) is 6.09. The molecule has 18 heavy (non-hydrogen) atoms. The van der Waals surface area contributed by atoms with E-state index in [0.717, 1.165) is 5.56 Å². The van der Waals surface area contributed by atoms with Crippen LogP contribution in [0.5, 0.6) is 0 Å². The van der Waals surface area contributed by atoms with Gasteiger partial charge < -0.3 is 10.6 Å². The summed E-state index contributed by atoms with van der Waals surface area (Å²) in [5.41, 5.74) is 1.04. The van der Waals surface area contributed by atoms with Gasteiger partial charge in [0.2, 0.25) is 11.8 Å². The molecule has 0 unspecified atom stereocenters. The van der Waals surface area contributed by atoms with Crippen molar-refractivity contribution in [1.29, 1.82) is 0 Å². The van der Waals surface area contributed by atoms with Gasteiger partial charge in [-0.3, -0.25) is 9.59 Å². The molecule has 0 aromatic heterocycles. The van der Waals surface area contributed by atoms with Crippen molar-refractivity contribution in [3.63, 3.8) is 0 Å². The average molecular weight is 248 g/mol. The van der Waals surface area contributed by atoms with Gasteiger partial charge >= 0.3 is 0 Å². The maximum Gasteiger partial charge on any atom is 0.243 e. The average Bonchev–Trinajstić information content (AvgIpc) is 2.34. The molecule has 0 aliphatic rings. The predicted molar refractivity (Wildman–Crippen MR) is 70.7 cm³/mol. The third-order valence-corrected chi connectivity index (χ3v) is 2.62. The fraction of sp³-hybridized carbons (Fsp3) is 0.429. The van der Waals surface area contributed by atoms with Gasteiger partial charge in [-0.25, -0.2) is 0 Å². The first-order chi connectivity index (χ1) is 8.50. The Bertz CT molecular complexity index is 402. The number of rotatable bonds is 5. The van der Waals surface area contributed by atoms with Gasteiger partial charge in [0.1, 0.15) is 6.04 Å². The molecule has 1 aromatic carbocycles. The highest BCUT2D eigenvalue weighted by Crippen LogP contribution is 2.03. The maximum atomic E-state index is 12.0. The highest BCUT2D eigenvalue weighted by atomic mass is 16.2. The Hall–Kier alpha value is -1.84. The Kier molecular flexibility index (Phi) is 5.36. The number of hydrogen-bond donors (Lipinski definition) is 2. The van der Waals surface area contributed by atoms with Gasteiger partial charge in [0.25, 0.3) is 0 Å². The second kappa shape index (κ2) is 6.79. The van der Waals surface area contributed by atoms with Crippen LogP contribution in [0.3, 0.4) is 0 Å². The Balaban J connectivity index is 2.54. The molecule has 98 valence electrons. The molecule has 0 heterocycles. The smallest absolute Gasteiger partial charge is 0.243 e. The monoisotopic (exact) mass is 248 g/mol. The molecule has 0 fully saturated rings. The molecule has 2 amide bonds. The Morgan fingerprint density at radius 1 is 1.17 bits per heavy atom. The van der Waals surface area contributed by atoms with Crippen LogP contribution in [0.4, 0.5) is 0 Å². The van der Waals surface area contributed by atoms with Crippen molar-refractivity contribution in [2.45, 2.75) is 33.4 Å². The lowest BCUT2D eigenvalue weighted by molar-refractivity contribution is -0.129. The van der Waals surface area contributed by atoms with Gasteiger partial charge in [-0.15, -0.1) is 0 Å². The lowest BCUT2D eigenvalue weighted by Crippen LogP contribution is -2.48. The summed E-state index contributed by atoms with van der Waals surface area (Å²) < 4.78 is 0. The molecule has 0 saturated carbocycles. The minimum atomic E-state index is -0.480. The van der Waals surface area contributed by atoms with Gasteiger partial charge in [-0.1, -0.05) is 44.2 Å². The fourth-order valence-electron chi connectivity index (χ4n) is 1.65. The van der Waals surface area contributed by atoms with Crippen LogP contribution in [0.1, 0.15) is 26.3 Å². The lowest BCUT2D eigenvalue weighted by Gasteiger charge is -2.20. The van der Waals surface area contributed by atoms with Gasteiger partial charge in [0, 0.05) is 13.5 Å². The lowest BCUT2D eigenvalue weighted by atomic mass is 10.0. The molecule has 1 aromatic rings. The summed E-state index contributed by atoms with van der Waals surface area (Å²) in [6, 6.07) is 9.20. The molecule has 1 atom stereocenters. The number of nitrogens with one attached hydrogen (secondary N) is 2. The van der Waals surface area contributed by atoms with E-state index in [1.165, 1.54) is 6.92 Å². The van der Waals surface area contributed by atoms with E-state index >= 15 is 0 Å². The number of carbonyl (C=O) groups is 2. The third kappa shape index (κ3) is 4.57. The second-order valence-corrected chi connectivity index (χ2v) is 4.63. The first-order valence-corrected chi connectivity index (χ1v) is 6.09. The predicted octanol–water partition coefficient (Wildman–Crippen LogP) is 1.46. The van der Waals surface area contributed by atoms with Crippen molar-refractivity contribution in [2.75, 3.05) is 0 Å². The van der Waals surface area contributed by atoms with Crippen molar-refractivity contribution in [3.05, 3.63) is 35.9 Å². The molecule has 4 nitrogen and oxygen atoms in total. The van der Waals surface area contributed by atoms with Crippen LogP contribution in [0.2, 0.25) is 0 Å². The molecule has 2 N–H and O–H groups in total. The summed E-state index contributed by atoms with van der Waals surface area (Å²) in [6.07, 6.45) is 0. The molecule has 4 heteroatoms. The van der Waals surface area contributed by atoms with Crippen LogP contribution >= 0.6 is 0 Å². The molecule has 0 radical (unpaired) electrons. The van der Waals surface area contributed by atoms with Crippen LogP contribution < -0.4 is 10.6 Å². The molecule has 0 aliphatic carbocycles. The summed E-state index contributed by atoms with van der Waals surface area (Å²) in [7, 11) is 0. The zero-order valence-corrected chi connectivity index (χ0v) is 11.1. The SMILES string of the molecule is CC(=O)N[C@@H](C(=O)NCc1ccccc1)C(C)C. The Morgan fingerprint density at radius 3 is 2.28 bits per heavy atom. The standard InChI is InChI=1S/C14H20N2O2/c1-10(2)13(16-11(3)17)14(18)15-9-12-7-5-4-6-8-12/h4-8,10,13H,9H2,1-3H3,(H,15,18)(H,16,17)/t13-/m1/s1. The minimum Gasteiger partial charge on any atom is -0.350 e. The number of benzene rings is 1. The van der Waals surface area contributed by atoms with Crippen LogP contribution in [0.25, 0.3) is 0 Å². The summed E-state index contributed by atoms with van der Waals surface area (Å²) >= 11 is 0. The van der Waals surface area contributed by atoms with E-state index in [1.54, 1.807) is 0 Å². The van der Waals surface area contributed by atoms with E-state index in [-0.39, 0.29) is 17.7 Å². The van der Waals surface area contributed by atoms with Gasteiger partial charge in [0.05, 0.1) is 0 Å². The highest BCUT2D eigenvalue weighted by molar-refractivity contribution is 5.86. The Labute approximate surface area is 108 Å². The van der Waals surface area contributed by atoms with Crippen LogP contribution in [0.15, 0.2) is 30.3 Å². The second-order valence-electron chi connectivity index (χ2n) is 4.63. The zero-order valence-electron chi connectivity index (χ0n) is 11.1. The van der Waals surface area contributed by atoms with E-state index in [9.17, 15) is 9.59 Å². The van der Waals surface area contributed by atoms with Crippen molar-refractivity contribution < 1.29 is 9.59 Å². The van der Waals surface area contributed by atoms with Gasteiger partial charge in [0.15, 0.2) is 0 Å². The quantitative estimate of drug-likeness (QED) is 0.829. The largest absolute Gasteiger partial charge is 0.350 e. The van der Waals surface area contributed by atoms with Crippen molar-refractivity contribution in [2.24, 2.45) is 5.92 Å². The van der Waals surface area contributed by atoms with Gasteiger partial charge in [-0.2, -0.15) is 0 Å². The summed E-state index contributed by atoms with van der Waals surface area (Å²) in [5.74, 6) is -0.280. The normalized spacial score (nSPS) is 12.0. The molecular formula is C14H20N2O2. The van der Waals surface area contributed by atoms with E-state index < -0.39 is 6.04 Å². The third-order valence-electron chi connectivity index (χ3n) is 2.62. The van der Waals surface area contributed by atoms with Crippen molar-refractivity contribution in [1.82, 2.24) is 10.6 Å². The van der Waals surface area contributed by atoms with E-state index in [4.69, 9.17) is 0 Å². The number of hydrogen-bond acceptors (Lipinski definition) is 2. The summed E-state index contributed by atoms with van der Waals surface area (Å²) in [5, 5.41) is 5.50. The molecule has 1 rings (SSSR count). The van der Waals surface area contributed by atoms with Gasteiger partial charge in [-0.05, 0) is 11.5 Å². The highest BCUT2D eigenvalue weighted by Gasteiger charge is 2.22. The zero-order chi connectivity index (χ0) is 13.5. The topological polar surface area (TPSA) is 58.2 Å². The summed E-state index contributed by atoms with van der Waals surface area (Å²) in [4.78, 5) is 23.0. The van der Waals surface area contributed by atoms with Crippen molar-refractivity contribution >= 4 is 11.8 Å².